The van der Waals surface area contributed by atoms with Crippen molar-refractivity contribution in [3.63, 3.8) is 0 Å². The number of nitrogens with zero attached hydrogens (tertiary/aromatic N) is 7. The van der Waals surface area contributed by atoms with E-state index in [-0.39, 0.29) is 5.56 Å². The topological polar surface area (TPSA) is 82.4 Å². The van der Waals surface area contributed by atoms with E-state index in [1.807, 2.05) is 24.5 Å². The Morgan fingerprint density at radius 2 is 1.91 bits per heavy atom. The molecule has 0 saturated heterocycles. The Bertz CT molecular complexity index is 1370. The smallest absolute Gasteiger partial charge is 0.266 e. The van der Waals surface area contributed by atoms with Crippen LogP contribution in [0.4, 0.5) is 5.82 Å². The highest BCUT2D eigenvalue weighted by Crippen LogP contribution is 2.28. The number of aliphatic imine (C=N–C) groups is 1. The van der Waals surface area contributed by atoms with Gasteiger partial charge in [-0.2, -0.15) is 0 Å². The van der Waals surface area contributed by atoms with Gasteiger partial charge in [0, 0.05) is 37.7 Å². The number of aryl methyl sites for hydroxylation is 3. The maximum atomic E-state index is 13.3. The Balaban J connectivity index is 1.37. The maximum absolute atomic E-state index is 13.3. The van der Waals surface area contributed by atoms with Gasteiger partial charge >= 0.3 is 0 Å². The Kier molecular flexibility index (Phi) is 6.22. The maximum Gasteiger partial charge on any atom is 0.266 e. The zero-order chi connectivity index (χ0) is 22.8. The first-order chi connectivity index (χ1) is 16.2. The second-order valence-corrected chi connectivity index (χ2v) is 9.26. The summed E-state index contributed by atoms with van der Waals surface area (Å²) in [5.74, 6) is 2.01. The van der Waals surface area contributed by atoms with E-state index in [9.17, 15) is 4.79 Å². The van der Waals surface area contributed by atoms with Crippen molar-refractivity contribution >= 4 is 32.1 Å². The SMILES string of the molecule is CCCCCn1c2c(c(=O)n3c(CCCn4cnc(-c5ccccc5)c4)nnc13)CC(Br)=N2. The fraction of sp³-hybridized carbons (Fsp3) is 0.375. The highest BCUT2D eigenvalue weighted by atomic mass is 79.9. The van der Waals surface area contributed by atoms with Crippen molar-refractivity contribution in [2.45, 2.75) is 58.5 Å². The van der Waals surface area contributed by atoms with E-state index in [0.29, 0.717) is 30.0 Å². The molecule has 0 radical (unpaired) electrons. The second kappa shape index (κ2) is 9.43. The number of hydrogen-bond donors (Lipinski definition) is 0. The van der Waals surface area contributed by atoms with Gasteiger partial charge in [0.05, 0.1) is 22.2 Å². The largest absolute Gasteiger partial charge is 0.337 e. The van der Waals surface area contributed by atoms with Crippen LogP contribution in [0, 0.1) is 0 Å². The van der Waals surface area contributed by atoms with Crippen molar-refractivity contribution in [3.8, 4) is 11.3 Å². The molecule has 1 aliphatic heterocycles. The Labute approximate surface area is 200 Å². The first-order valence-corrected chi connectivity index (χ1v) is 12.2. The molecular weight excluding hydrogens is 482 g/mol. The fourth-order valence-electron chi connectivity index (χ4n) is 4.31. The fourth-order valence-corrected chi connectivity index (χ4v) is 4.76. The molecule has 0 bridgehead atoms. The summed E-state index contributed by atoms with van der Waals surface area (Å²) >= 11 is 3.48. The van der Waals surface area contributed by atoms with E-state index in [1.165, 1.54) is 0 Å². The molecule has 0 atom stereocenters. The molecule has 5 rings (SSSR count). The lowest BCUT2D eigenvalue weighted by atomic mass is 10.2. The number of aromatic nitrogens is 6. The van der Waals surface area contributed by atoms with Crippen molar-refractivity contribution in [3.05, 3.63) is 64.6 Å². The summed E-state index contributed by atoms with van der Waals surface area (Å²) in [5.41, 5.74) is 2.72. The quantitative estimate of drug-likeness (QED) is 0.311. The number of benzene rings is 1. The van der Waals surface area contributed by atoms with Gasteiger partial charge in [-0.05, 0) is 28.8 Å². The van der Waals surface area contributed by atoms with Gasteiger partial charge in [-0.3, -0.25) is 9.36 Å². The van der Waals surface area contributed by atoms with Crippen LogP contribution in [0.2, 0.25) is 0 Å². The van der Waals surface area contributed by atoms with Gasteiger partial charge in [-0.25, -0.2) is 14.4 Å². The van der Waals surface area contributed by atoms with Gasteiger partial charge in [-0.15, -0.1) is 10.2 Å². The third-order valence-electron chi connectivity index (χ3n) is 6.00. The normalized spacial score (nSPS) is 13.0. The van der Waals surface area contributed by atoms with Crippen LogP contribution in [0.25, 0.3) is 17.0 Å². The first kappa shape index (κ1) is 21.8. The van der Waals surface area contributed by atoms with E-state index < -0.39 is 0 Å². The van der Waals surface area contributed by atoms with Crippen molar-refractivity contribution in [2.24, 2.45) is 4.99 Å². The molecule has 3 aromatic heterocycles. The average Bonchev–Trinajstić information content (AvgIpc) is 3.56. The number of unbranched alkanes of at least 4 members (excludes halogenated alkanes) is 2. The Morgan fingerprint density at radius 1 is 1.06 bits per heavy atom. The van der Waals surface area contributed by atoms with Crippen molar-refractivity contribution in [1.29, 1.82) is 0 Å². The molecule has 4 aromatic rings. The molecule has 170 valence electrons. The summed E-state index contributed by atoms with van der Waals surface area (Å²) in [5, 5.41) is 8.80. The summed E-state index contributed by atoms with van der Waals surface area (Å²) in [6, 6.07) is 10.1. The van der Waals surface area contributed by atoms with Crippen LogP contribution >= 0.6 is 15.9 Å². The van der Waals surface area contributed by atoms with Crippen LogP contribution in [-0.2, 0) is 25.9 Å². The van der Waals surface area contributed by atoms with E-state index in [2.05, 4.69) is 70.5 Å². The van der Waals surface area contributed by atoms with Crippen LogP contribution in [0.5, 0.6) is 0 Å². The summed E-state index contributed by atoms with van der Waals surface area (Å²) in [7, 11) is 0. The Hall–Kier alpha value is -3.07. The molecule has 8 nitrogen and oxygen atoms in total. The predicted octanol–water partition coefficient (Wildman–Crippen LogP) is 4.56. The van der Waals surface area contributed by atoms with Crippen LogP contribution in [0.3, 0.4) is 0 Å². The first-order valence-electron chi connectivity index (χ1n) is 11.5. The lowest BCUT2D eigenvalue weighted by Gasteiger charge is -2.12. The lowest BCUT2D eigenvalue weighted by molar-refractivity contribution is 0.599. The van der Waals surface area contributed by atoms with E-state index >= 15 is 0 Å². The minimum atomic E-state index is -0.0565. The average molecular weight is 508 g/mol. The second-order valence-electron chi connectivity index (χ2n) is 8.35. The third kappa shape index (κ3) is 4.29. The van der Waals surface area contributed by atoms with E-state index in [4.69, 9.17) is 0 Å². The van der Waals surface area contributed by atoms with Crippen molar-refractivity contribution in [2.75, 3.05) is 0 Å². The lowest BCUT2D eigenvalue weighted by Crippen LogP contribution is -2.23. The molecule has 0 amide bonds. The van der Waals surface area contributed by atoms with Crippen LogP contribution in [-0.4, -0.2) is 33.3 Å². The minimum Gasteiger partial charge on any atom is -0.337 e. The number of fused-ring (bicyclic) bond motifs is 2. The van der Waals surface area contributed by atoms with E-state index in [0.717, 1.165) is 60.5 Å². The molecule has 0 N–H and O–H groups in total. The van der Waals surface area contributed by atoms with Crippen molar-refractivity contribution in [1.82, 2.24) is 28.7 Å². The van der Waals surface area contributed by atoms with Gasteiger partial charge in [0.15, 0.2) is 0 Å². The molecule has 4 heterocycles. The molecule has 1 aliphatic rings. The number of imidazole rings is 1. The Morgan fingerprint density at radius 3 is 2.73 bits per heavy atom. The highest BCUT2D eigenvalue weighted by molar-refractivity contribution is 9.18. The minimum absolute atomic E-state index is 0.0565. The van der Waals surface area contributed by atoms with Crippen LogP contribution in [0.15, 0.2) is 52.6 Å². The molecule has 0 spiro atoms. The number of halogens is 1. The monoisotopic (exact) mass is 507 g/mol. The number of rotatable bonds is 9. The highest BCUT2D eigenvalue weighted by Gasteiger charge is 2.25. The molecular formula is C24H26BrN7O. The standard InChI is InChI=1S/C24H26BrN7O/c1-2-3-7-13-31-22-18(14-20(25)27-22)23(33)32-21(28-29-24(31)32)11-8-12-30-15-19(26-16-30)17-9-5-4-6-10-17/h4-6,9-10,15-16H,2-3,7-8,11-14H2,1H3. The summed E-state index contributed by atoms with van der Waals surface area (Å²) < 4.78 is 6.61. The van der Waals surface area contributed by atoms with Crippen LogP contribution in [0.1, 0.15) is 44.0 Å². The molecule has 0 fully saturated rings. The molecule has 0 saturated carbocycles. The predicted molar refractivity (Wildman–Crippen MR) is 132 cm³/mol. The summed E-state index contributed by atoms with van der Waals surface area (Å²) in [6.45, 7) is 3.75. The van der Waals surface area contributed by atoms with Crippen LogP contribution < -0.4 is 5.56 Å². The van der Waals surface area contributed by atoms with E-state index in [1.54, 1.807) is 4.40 Å². The van der Waals surface area contributed by atoms with Gasteiger partial charge in [0.2, 0.25) is 5.78 Å². The zero-order valence-electron chi connectivity index (χ0n) is 18.6. The van der Waals surface area contributed by atoms with Gasteiger partial charge in [0.25, 0.3) is 5.56 Å². The van der Waals surface area contributed by atoms with Crippen molar-refractivity contribution < 1.29 is 0 Å². The molecule has 0 unspecified atom stereocenters. The van der Waals surface area contributed by atoms with Gasteiger partial charge in [-0.1, -0.05) is 50.1 Å². The summed E-state index contributed by atoms with van der Waals surface area (Å²) in [4.78, 5) is 22.4. The molecule has 33 heavy (non-hydrogen) atoms. The molecule has 9 heteroatoms. The third-order valence-corrected chi connectivity index (χ3v) is 6.45. The summed E-state index contributed by atoms with van der Waals surface area (Å²) in [6.07, 6.45) is 9.18. The molecule has 0 aliphatic carbocycles. The van der Waals surface area contributed by atoms with Gasteiger partial charge in [0.1, 0.15) is 11.6 Å². The number of hydrogen-bond acceptors (Lipinski definition) is 5. The van der Waals surface area contributed by atoms with Gasteiger partial charge < -0.3 is 4.57 Å². The zero-order valence-corrected chi connectivity index (χ0v) is 20.2. The molecule has 1 aromatic carbocycles.